The molecule has 1 atom stereocenters. The third-order valence-electron chi connectivity index (χ3n) is 1.93. The Bertz CT molecular complexity index is 328. The highest BCUT2D eigenvalue weighted by molar-refractivity contribution is 9.10. The molecule has 76 valence electrons. The zero-order valence-corrected chi connectivity index (χ0v) is 9.54. The van der Waals surface area contributed by atoms with Crippen molar-refractivity contribution in [2.24, 2.45) is 5.73 Å². The van der Waals surface area contributed by atoms with Gasteiger partial charge < -0.3 is 11.1 Å². The quantitative estimate of drug-likeness (QED) is 0.856. The van der Waals surface area contributed by atoms with Gasteiger partial charge in [-0.15, -0.1) is 0 Å². The minimum Gasteiger partial charge on any atom is -0.368 e. The number of halogens is 1. The SMILES string of the molecule is CC(NCc1cccc(Br)c1)C(N)=O. The average molecular weight is 257 g/mol. The van der Waals surface area contributed by atoms with Crippen LogP contribution >= 0.6 is 15.9 Å². The largest absolute Gasteiger partial charge is 0.368 e. The first-order valence-electron chi connectivity index (χ1n) is 4.36. The number of carbonyl (C=O) groups is 1. The van der Waals surface area contributed by atoms with Crippen LogP contribution in [0.5, 0.6) is 0 Å². The van der Waals surface area contributed by atoms with E-state index in [1.807, 2.05) is 24.3 Å². The van der Waals surface area contributed by atoms with E-state index in [1.54, 1.807) is 6.92 Å². The number of rotatable bonds is 4. The first kappa shape index (κ1) is 11.2. The van der Waals surface area contributed by atoms with Crippen molar-refractivity contribution in [3.8, 4) is 0 Å². The summed E-state index contributed by atoms with van der Waals surface area (Å²) in [6.45, 7) is 2.39. The van der Waals surface area contributed by atoms with Crippen LogP contribution in [0.4, 0.5) is 0 Å². The van der Waals surface area contributed by atoms with Crippen LogP contribution in [0.3, 0.4) is 0 Å². The first-order chi connectivity index (χ1) is 6.59. The minimum atomic E-state index is -0.333. The second-order valence-electron chi connectivity index (χ2n) is 3.13. The van der Waals surface area contributed by atoms with Gasteiger partial charge >= 0.3 is 0 Å². The summed E-state index contributed by atoms with van der Waals surface area (Å²) in [6, 6.07) is 7.61. The lowest BCUT2D eigenvalue weighted by Crippen LogP contribution is -2.38. The maximum atomic E-state index is 10.7. The van der Waals surface area contributed by atoms with Crippen LogP contribution in [0.15, 0.2) is 28.7 Å². The number of nitrogens with one attached hydrogen (secondary N) is 1. The number of amides is 1. The number of hydrogen-bond acceptors (Lipinski definition) is 2. The number of nitrogens with two attached hydrogens (primary N) is 1. The Morgan fingerprint density at radius 1 is 1.64 bits per heavy atom. The zero-order valence-electron chi connectivity index (χ0n) is 7.96. The van der Waals surface area contributed by atoms with Crippen molar-refractivity contribution in [3.63, 3.8) is 0 Å². The van der Waals surface area contributed by atoms with Crippen molar-refractivity contribution in [2.45, 2.75) is 19.5 Å². The van der Waals surface area contributed by atoms with E-state index in [4.69, 9.17) is 5.73 Å². The number of benzene rings is 1. The minimum absolute atomic E-state index is 0.297. The van der Waals surface area contributed by atoms with Crippen LogP contribution < -0.4 is 11.1 Å². The summed E-state index contributed by atoms with van der Waals surface area (Å²) < 4.78 is 1.03. The summed E-state index contributed by atoms with van der Waals surface area (Å²) in [5.74, 6) is -0.333. The van der Waals surface area contributed by atoms with Crippen LogP contribution in [0.2, 0.25) is 0 Å². The molecule has 1 rings (SSSR count). The molecule has 0 spiro atoms. The average Bonchev–Trinajstić information content (AvgIpc) is 2.14. The van der Waals surface area contributed by atoms with Gasteiger partial charge in [0.25, 0.3) is 0 Å². The fourth-order valence-corrected chi connectivity index (χ4v) is 1.47. The van der Waals surface area contributed by atoms with Gasteiger partial charge in [-0.2, -0.15) is 0 Å². The van der Waals surface area contributed by atoms with Gasteiger partial charge in [0, 0.05) is 11.0 Å². The summed E-state index contributed by atoms with van der Waals surface area (Å²) in [4.78, 5) is 10.7. The molecule has 1 unspecified atom stereocenters. The standard InChI is InChI=1S/C10H13BrN2O/c1-7(10(12)14)13-6-8-3-2-4-9(11)5-8/h2-5,7,13H,6H2,1H3,(H2,12,14). The lowest BCUT2D eigenvalue weighted by molar-refractivity contribution is -0.119. The van der Waals surface area contributed by atoms with Gasteiger partial charge in [-0.1, -0.05) is 28.1 Å². The van der Waals surface area contributed by atoms with Crippen molar-refractivity contribution in [1.29, 1.82) is 0 Å². The van der Waals surface area contributed by atoms with Crippen molar-refractivity contribution < 1.29 is 4.79 Å². The van der Waals surface area contributed by atoms with Gasteiger partial charge in [0.05, 0.1) is 6.04 Å². The zero-order chi connectivity index (χ0) is 10.6. The maximum Gasteiger partial charge on any atom is 0.234 e. The molecule has 0 fully saturated rings. The molecule has 3 N–H and O–H groups in total. The molecule has 14 heavy (non-hydrogen) atoms. The molecule has 0 heterocycles. The van der Waals surface area contributed by atoms with E-state index in [0.29, 0.717) is 6.54 Å². The number of hydrogen-bond donors (Lipinski definition) is 2. The Hall–Kier alpha value is -0.870. The Kier molecular flexibility index (Phi) is 4.10. The van der Waals surface area contributed by atoms with E-state index >= 15 is 0 Å². The third kappa shape index (κ3) is 3.47. The molecule has 0 aliphatic carbocycles. The van der Waals surface area contributed by atoms with Crippen molar-refractivity contribution >= 4 is 21.8 Å². The highest BCUT2D eigenvalue weighted by Crippen LogP contribution is 2.11. The lowest BCUT2D eigenvalue weighted by Gasteiger charge is -2.09. The summed E-state index contributed by atoms with van der Waals surface area (Å²) in [5.41, 5.74) is 6.24. The van der Waals surface area contributed by atoms with E-state index in [9.17, 15) is 4.79 Å². The molecular weight excluding hydrogens is 244 g/mol. The Morgan fingerprint density at radius 2 is 2.36 bits per heavy atom. The molecule has 1 amide bonds. The molecule has 0 radical (unpaired) electrons. The Balaban J connectivity index is 2.49. The summed E-state index contributed by atoms with van der Waals surface area (Å²) in [5, 5.41) is 3.03. The molecule has 0 saturated carbocycles. The van der Waals surface area contributed by atoms with Gasteiger partial charge in [-0.05, 0) is 24.6 Å². The van der Waals surface area contributed by atoms with Crippen LogP contribution in [0.1, 0.15) is 12.5 Å². The molecule has 1 aromatic carbocycles. The van der Waals surface area contributed by atoms with E-state index in [-0.39, 0.29) is 11.9 Å². The van der Waals surface area contributed by atoms with E-state index in [2.05, 4.69) is 21.2 Å². The molecule has 0 aromatic heterocycles. The molecule has 0 aliphatic heterocycles. The topological polar surface area (TPSA) is 55.1 Å². The molecule has 0 saturated heterocycles. The van der Waals surface area contributed by atoms with Crippen LogP contribution in [-0.4, -0.2) is 11.9 Å². The first-order valence-corrected chi connectivity index (χ1v) is 5.16. The third-order valence-corrected chi connectivity index (χ3v) is 2.42. The Morgan fingerprint density at radius 3 is 2.93 bits per heavy atom. The highest BCUT2D eigenvalue weighted by atomic mass is 79.9. The van der Waals surface area contributed by atoms with E-state index in [0.717, 1.165) is 10.0 Å². The summed E-state index contributed by atoms with van der Waals surface area (Å²) in [6.07, 6.45) is 0. The van der Waals surface area contributed by atoms with Crippen molar-refractivity contribution in [3.05, 3.63) is 34.3 Å². The van der Waals surface area contributed by atoms with Crippen molar-refractivity contribution in [1.82, 2.24) is 5.32 Å². The molecule has 0 bridgehead atoms. The highest BCUT2D eigenvalue weighted by Gasteiger charge is 2.06. The van der Waals surface area contributed by atoms with Gasteiger partial charge in [0.1, 0.15) is 0 Å². The van der Waals surface area contributed by atoms with Gasteiger partial charge in [-0.25, -0.2) is 0 Å². The molecular formula is C10H13BrN2O. The van der Waals surface area contributed by atoms with E-state index in [1.165, 1.54) is 0 Å². The predicted octanol–water partition coefficient (Wildman–Crippen LogP) is 1.41. The molecule has 3 nitrogen and oxygen atoms in total. The maximum absolute atomic E-state index is 10.7. The van der Waals surface area contributed by atoms with Gasteiger partial charge in [-0.3, -0.25) is 4.79 Å². The molecule has 4 heteroatoms. The van der Waals surface area contributed by atoms with Gasteiger partial charge in [0.2, 0.25) is 5.91 Å². The van der Waals surface area contributed by atoms with E-state index < -0.39 is 0 Å². The fraction of sp³-hybridized carbons (Fsp3) is 0.300. The molecule has 0 aliphatic rings. The summed E-state index contributed by atoms with van der Waals surface area (Å²) >= 11 is 3.38. The second-order valence-corrected chi connectivity index (χ2v) is 4.05. The monoisotopic (exact) mass is 256 g/mol. The number of carbonyl (C=O) groups excluding carboxylic acids is 1. The van der Waals surface area contributed by atoms with Gasteiger partial charge in [0.15, 0.2) is 0 Å². The Labute approximate surface area is 91.8 Å². The fourth-order valence-electron chi connectivity index (χ4n) is 1.02. The lowest BCUT2D eigenvalue weighted by atomic mass is 10.2. The smallest absolute Gasteiger partial charge is 0.234 e. The number of primary amides is 1. The van der Waals surface area contributed by atoms with Crippen LogP contribution in [0.25, 0.3) is 0 Å². The molecule has 1 aromatic rings. The second kappa shape index (κ2) is 5.12. The predicted molar refractivity (Wildman–Crippen MR) is 59.6 cm³/mol. The van der Waals surface area contributed by atoms with Crippen LogP contribution in [-0.2, 0) is 11.3 Å². The normalized spacial score (nSPS) is 12.4. The van der Waals surface area contributed by atoms with Crippen molar-refractivity contribution in [2.75, 3.05) is 0 Å². The summed E-state index contributed by atoms with van der Waals surface area (Å²) in [7, 11) is 0. The van der Waals surface area contributed by atoms with Crippen LogP contribution in [0, 0.1) is 0 Å².